The van der Waals surface area contributed by atoms with E-state index < -0.39 is 18.1 Å². The first-order chi connectivity index (χ1) is 31.6. The van der Waals surface area contributed by atoms with Gasteiger partial charge in [0.05, 0.1) is 34.4 Å². The van der Waals surface area contributed by atoms with Crippen LogP contribution in [0, 0.1) is 0 Å². The minimum Gasteiger partial charge on any atom is -0.477 e. The summed E-state index contributed by atoms with van der Waals surface area (Å²) in [4.78, 5) is 37.2. The fraction of sp³-hybridized carbons (Fsp3) is 0.737. The van der Waals surface area contributed by atoms with E-state index in [-0.39, 0.29) is 42.7 Å². The zero-order valence-corrected chi connectivity index (χ0v) is 42.7. The Hall–Kier alpha value is -3.23. The average molecular weight is 911 g/mol. The third kappa shape index (κ3) is 45.7. The number of ether oxygens (including phenoxy) is 3. The van der Waals surface area contributed by atoms with Crippen LogP contribution in [0.15, 0.2) is 72.9 Å². The Morgan fingerprint density at radius 1 is 0.477 bits per heavy atom. The molecule has 1 N–H and O–H groups in total. The molecule has 0 rings (SSSR count). The molecule has 0 amide bonds. The van der Waals surface area contributed by atoms with E-state index in [2.05, 4.69) is 86.8 Å². The number of likely N-dealkylation sites (N-methyl/N-ethyl adjacent to an activating group) is 1. The summed E-state index contributed by atoms with van der Waals surface area (Å²) in [5.41, 5.74) is 0. The molecule has 0 aromatic rings. The predicted molar refractivity (Wildman–Crippen MR) is 275 cm³/mol. The zero-order chi connectivity index (χ0) is 47.7. The number of allylic oxidation sites excluding steroid dienone is 12. The Bertz CT molecular complexity index is 1290. The molecular formula is C57H100NO7+. The van der Waals surface area contributed by atoms with E-state index in [9.17, 15) is 19.5 Å². The molecule has 8 nitrogen and oxygen atoms in total. The SMILES string of the molecule is CC/C=C/C/C=C/C/C=C/C/C=C/C/C=C/C/C=C/CCCCC(=O)OC(COCCC(C(=O)O)[N+](C)(C)C)COC(=O)CCCCCCCCCCCCCCCCCCCCCC. The van der Waals surface area contributed by atoms with Crippen molar-refractivity contribution in [1.29, 1.82) is 0 Å². The van der Waals surface area contributed by atoms with E-state index in [1.165, 1.54) is 109 Å². The lowest BCUT2D eigenvalue weighted by atomic mass is 10.0. The molecule has 0 aromatic heterocycles. The third-order valence-corrected chi connectivity index (χ3v) is 11.6. The molecule has 0 aromatic carbocycles. The van der Waals surface area contributed by atoms with Crippen LogP contribution in [0.3, 0.4) is 0 Å². The molecule has 0 fully saturated rings. The van der Waals surface area contributed by atoms with Crippen LogP contribution in [0.4, 0.5) is 0 Å². The number of esters is 2. The van der Waals surface area contributed by atoms with E-state index in [0.717, 1.165) is 70.6 Å². The van der Waals surface area contributed by atoms with Crippen molar-refractivity contribution in [3.05, 3.63) is 72.9 Å². The highest BCUT2D eigenvalue weighted by molar-refractivity contribution is 5.72. The predicted octanol–water partition coefficient (Wildman–Crippen LogP) is 15.5. The van der Waals surface area contributed by atoms with Gasteiger partial charge in [0.25, 0.3) is 0 Å². The summed E-state index contributed by atoms with van der Waals surface area (Å²) in [5.74, 6) is -1.52. The molecule has 374 valence electrons. The smallest absolute Gasteiger partial charge is 0.362 e. The van der Waals surface area contributed by atoms with Gasteiger partial charge in [0, 0.05) is 19.3 Å². The van der Waals surface area contributed by atoms with Gasteiger partial charge in [0.15, 0.2) is 12.1 Å². The average Bonchev–Trinajstić information content (AvgIpc) is 3.27. The van der Waals surface area contributed by atoms with Gasteiger partial charge < -0.3 is 23.8 Å². The molecule has 65 heavy (non-hydrogen) atoms. The first-order valence-corrected chi connectivity index (χ1v) is 26.5. The fourth-order valence-corrected chi connectivity index (χ4v) is 7.57. The number of carboxylic acid groups (broad SMARTS) is 1. The van der Waals surface area contributed by atoms with Gasteiger partial charge in [-0.15, -0.1) is 0 Å². The van der Waals surface area contributed by atoms with Gasteiger partial charge in [-0.3, -0.25) is 9.59 Å². The Morgan fingerprint density at radius 2 is 0.862 bits per heavy atom. The van der Waals surface area contributed by atoms with Crippen molar-refractivity contribution in [2.24, 2.45) is 0 Å². The van der Waals surface area contributed by atoms with Crippen LogP contribution in [-0.2, 0) is 28.6 Å². The summed E-state index contributed by atoms with van der Waals surface area (Å²) in [6.45, 7) is 4.60. The number of hydrogen-bond acceptors (Lipinski definition) is 6. The summed E-state index contributed by atoms with van der Waals surface area (Å²) in [6, 6.07) is -0.626. The molecule has 0 aliphatic rings. The largest absolute Gasteiger partial charge is 0.477 e. The number of carbonyl (C=O) groups is 3. The van der Waals surface area contributed by atoms with E-state index >= 15 is 0 Å². The first-order valence-electron chi connectivity index (χ1n) is 26.5. The summed E-state index contributed by atoms with van der Waals surface area (Å²) in [7, 11) is 5.52. The van der Waals surface area contributed by atoms with Crippen LogP contribution < -0.4 is 0 Å². The second kappa shape index (κ2) is 47.3. The summed E-state index contributed by atoms with van der Waals surface area (Å²) < 4.78 is 17.3. The molecule has 0 bridgehead atoms. The van der Waals surface area contributed by atoms with Gasteiger partial charge in [-0.25, -0.2) is 4.79 Å². The van der Waals surface area contributed by atoms with Gasteiger partial charge in [0.2, 0.25) is 0 Å². The molecule has 0 saturated carbocycles. The van der Waals surface area contributed by atoms with Crippen molar-refractivity contribution in [1.82, 2.24) is 0 Å². The molecule has 2 unspecified atom stereocenters. The number of hydrogen-bond donors (Lipinski definition) is 1. The van der Waals surface area contributed by atoms with Crippen LogP contribution in [0.2, 0.25) is 0 Å². The highest BCUT2D eigenvalue weighted by atomic mass is 16.6. The summed E-state index contributed by atoms with van der Waals surface area (Å²) >= 11 is 0. The number of unbranched alkanes of at least 4 members (excludes halogenated alkanes) is 21. The molecule has 0 aliphatic carbocycles. The molecule has 0 heterocycles. The van der Waals surface area contributed by atoms with Gasteiger partial charge in [-0.1, -0.05) is 209 Å². The lowest BCUT2D eigenvalue weighted by Crippen LogP contribution is -2.50. The van der Waals surface area contributed by atoms with E-state index in [4.69, 9.17) is 14.2 Å². The number of carboxylic acids is 1. The van der Waals surface area contributed by atoms with Crippen molar-refractivity contribution < 1.29 is 38.2 Å². The van der Waals surface area contributed by atoms with Gasteiger partial charge in [-0.05, 0) is 64.2 Å². The van der Waals surface area contributed by atoms with Crippen molar-refractivity contribution in [3.8, 4) is 0 Å². The topological polar surface area (TPSA) is 99.1 Å². The lowest BCUT2D eigenvalue weighted by molar-refractivity contribution is -0.887. The minimum absolute atomic E-state index is 0.0420. The second-order valence-electron chi connectivity index (χ2n) is 18.8. The highest BCUT2D eigenvalue weighted by Gasteiger charge is 2.31. The molecular weight excluding hydrogens is 811 g/mol. The number of rotatable bonds is 47. The maximum Gasteiger partial charge on any atom is 0.362 e. The standard InChI is InChI=1S/C57H99NO7/c1-6-8-10-12-14-16-18-20-22-24-26-28-30-32-34-36-38-40-42-44-46-48-56(60)65-53(51-63-50-49-54(57(61)62)58(3,4)5)52-64-55(59)47-45-43-41-39-37-35-33-31-29-27-25-23-21-19-17-15-13-11-9-7-2/h8,10,14,16,20,22,26,28,32,34,38,40,53-54H,6-7,9,11-13,15,17-19,21,23-25,27,29-31,33,35-37,39,41-52H2,1-5H3/p+1/b10-8+,16-14+,22-20+,28-26+,34-32+,40-38+. The molecule has 0 radical (unpaired) electrons. The Kier molecular flexibility index (Phi) is 44.9. The van der Waals surface area contributed by atoms with Crippen molar-refractivity contribution >= 4 is 17.9 Å². The Balaban J connectivity index is 4.31. The fourth-order valence-electron chi connectivity index (χ4n) is 7.57. The molecule has 2 atom stereocenters. The maximum absolute atomic E-state index is 12.8. The van der Waals surface area contributed by atoms with Crippen molar-refractivity contribution in [3.63, 3.8) is 0 Å². The van der Waals surface area contributed by atoms with Crippen LogP contribution in [0.5, 0.6) is 0 Å². The minimum atomic E-state index is -0.882. The Morgan fingerprint density at radius 3 is 1.28 bits per heavy atom. The summed E-state index contributed by atoms with van der Waals surface area (Å²) in [5, 5.41) is 9.66. The quantitative estimate of drug-likeness (QED) is 0.0281. The number of nitrogens with zero attached hydrogens (tertiary/aromatic N) is 1. The third-order valence-electron chi connectivity index (χ3n) is 11.6. The monoisotopic (exact) mass is 911 g/mol. The van der Waals surface area contributed by atoms with Gasteiger partial charge >= 0.3 is 17.9 Å². The summed E-state index contributed by atoms with van der Waals surface area (Å²) in [6.07, 6.45) is 61.0. The maximum atomic E-state index is 12.8. The first kappa shape index (κ1) is 61.8. The van der Waals surface area contributed by atoms with Crippen LogP contribution in [-0.4, -0.2) is 80.6 Å². The highest BCUT2D eigenvalue weighted by Crippen LogP contribution is 2.16. The van der Waals surface area contributed by atoms with E-state index in [1.54, 1.807) is 0 Å². The lowest BCUT2D eigenvalue weighted by Gasteiger charge is -2.31. The molecule has 8 heteroatoms. The van der Waals surface area contributed by atoms with E-state index in [1.807, 2.05) is 21.1 Å². The molecule has 0 spiro atoms. The van der Waals surface area contributed by atoms with Crippen LogP contribution in [0.25, 0.3) is 0 Å². The van der Waals surface area contributed by atoms with Crippen molar-refractivity contribution in [2.75, 3.05) is 41.0 Å². The number of carbonyl (C=O) groups excluding carboxylic acids is 2. The van der Waals surface area contributed by atoms with E-state index in [0.29, 0.717) is 19.3 Å². The Labute approximate surface area is 400 Å². The normalized spacial score (nSPS) is 13.4. The number of quaternary nitrogens is 1. The van der Waals surface area contributed by atoms with Gasteiger partial charge in [0.1, 0.15) is 6.61 Å². The zero-order valence-electron chi connectivity index (χ0n) is 42.7. The number of aliphatic carboxylic acids is 1. The molecule has 0 aliphatic heterocycles. The van der Waals surface area contributed by atoms with Gasteiger partial charge in [-0.2, -0.15) is 0 Å². The van der Waals surface area contributed by atoms with Crippen molar-refractivity contribution in [2.45, 2.75) is 231 Å². The van der Waals surface area contributed by atoms with Crippen LogP contribution >= 0.6 is 0 Å². The molecule has 0 saturated heterocycles. The second-order valence-corrected chi connectivity index (χ2v) is 18.8. The van der Waals surface area contributed by atoms with Crippen LogP contribution in [0.1, 0.15) is 219 Å².